The third kappa shape index (κ3) is 5.41. The Kier molecular flexibility index (Phi) is 7.37. The molecule has 154 valence electrons. The number of aromatic amines is 1. The van der Waals surface area contributed by atoms with E-state index in [1.165, 1.54) is 0 Å². The fourth-order valence-corrected chi connectivity index (χ4v) is 3.42. The Morgan fingerprint density at radius 1 is 1.38 bits per heavy atom. The summed E-state index contributed by atoms with van der Waals surface area (Å²) in [6.07, 6.45) is 2.63. The van der Waals surface area contributed by atoms with Gasteiger partial charge in [-0.25, -0.2) is 4.98 Å². The standard InChI is InChI=1S/C19H22ClN7O.HI/c1-21-19(22-11-17-24-18(26-25-17)16-6-3-9-28-16)23-14-7-8-27(12-14)15-5-2-4-13(20)10-15;/h2-6,9-10,14H,7-8,11-12H2,1H3,(H2,21,22,23)(H,24,25,26);1H. The van der Waals surface area contributed by atoms with Gasteiger partial charge in [0.1, 0.15) is 5.82 Å². The van der Waals surface area contributed by atoms with Gasteiger partial charge in [0, 0.05) is 36.9 Å². The maximum absolute atomic E-state index is 6.11. The Morgan fingerprint density at radius 2 is 2.28 bits per heavy atom. The lowest BCUT2D eigenvalue weighted by atomic mass is 10.3. The van der Waals surface area contributed by atoms with Gasteiger partial charge in [-0.3, -0.25) is 10.1 Å². The minimum absolute atomic E-state index is 0. The van der Waals surface area contributed by atoms with Crippen molar-refractivity contribution in [1.82, 2.24) is 25.8 Å². The van der Waals surface area contributed by atoms with Gasteiger partial charge < -0.3 is 20.0 Å². The molecule has 1 unspecified atom stereocenters. The summed E-state index contributed by atoms with van der Waals surface area (Å²) in [4.78, 5) is 11.1. The predicted molar refractivity (Wildman–Crippen MR) is 125 cm³/mol. The van der Waals surface area contributed by atoms with Crippen LogP contribution in [0.5, 0.6) is 0 Å². The van der Waals surface area contributed by atoms with Crippen LogP contribution in [0.25, 0.3) is 11.6 Å². The molecule has 0 bridgehead atoms. The first kappa shape index (κ1) is 21.4. The van der Waals surface area contributed by atoms with E-state index in [-0.39, 0.29) is 24.0 Å². The first-order valence-electron chi connectivity index (χ1n) is 9.14. The number of nitrogens with one attached hydrogen (secondary N) is 3. The van der Waals surface area contributed by atoms with Crippen LogP contribution >= 0.6 is 35.6 Å². The van der Waals surface area contributed by atoms with E-state index in [4.69, 9.17) is 16.0 Å². The lowest BCUT2D eigenvalue weighted by Gasteiger charge is -2.20. The number of nitrogens with zero attached hydrogens (tertiary/aromatic N) is 4. The summed E-state index contributed by atoms with van der Waals surface area (Å²) >= 11 is 6.11. The average Bonchev–Trinajstić information content (AvgIpc) is 3.46. The summed E-state index contributed by atoms with van der Waals surface area (Å²) < 4.78 is 5.31. The molecule has 1 fully saturated rings. The van der Waals surface area contributed by atoms with E-state index in [0.29, 0.717) is 30.0 Å². The molecule has 10 heteroatoms. The molecule has 1 aliphatic heterocycles. The van der Waals surface area contributed by atoms with Crippen molar-refractivity contribution in [2.75, 3.05) is 25.0 Å². The lowest BCUT2D eigenvalue weighted by molar-refractivity contribution is 0.577. The summed E-state index contributed by atoms with van der Waals surface area (Å²) in [6.45, 7) is 2.35. The van der Waals surface area contributed by atoms with Crippen molar-refractivity contribution in [1.29, 1.82) is 0 Å². The highest BCUT2D eigenvalue weighted by Crippen LogP contribution is 2.23. The Bertz CT molecular complexity index is 944. The molecule has 0 spiro atoms. The zero-order valence-electron chi connectivity index (χ0n) is 15.9. The monoisotopic (exact) mass is 527 g/mol. The summed E-state index contributed by atoms with van der Waals surface area (Å²) in [5, 5.41) is 14.6. The molecule has 29 heavy (non-hydrogen) atoms. The van der Waals surface area contributed by atoms with Crippen molar-refractivity contribution < 1.29 is 4.42 Å². The number of rotatable bonds is 5. The SMILES string of the molecule is CN=C(NCc1nc(-c2ccco2)n[nH]1)NC1CCN(c2cccc(Cl)c2)C1.I. The molecule has 2 aromatic heterocycles. The van der Waals surface area contributed by atoms with Gasteiger partial charge in [0.15, 0.2) is 11.7 Å². The molecular formula is C19H23ClIN7O. The summed E-state index contributed by atoms with van der Waals surface area (Å²) in [6, 6.07) is 11.9. The van der Waals surface area contributed by atoms with E-state index >= 15 is 0 Å². The average molecular weight is 528 g/mol. The molecule has 1 atom stereocenters. The van der Waals surface area contributed by atoms with Crippen molar-refractivity contribution >= 4 is 47.2 Å². The van der Waals surface area contributed by atoms with Gasteiger partial charge in [-0.05, 0) is 36.8 Å². The second-order valence-corrected chi connectivity index (χ2v) is 7.00. The molecule has 0 radical (unpaired) electrons. The molecule has 0 amide bonds. The highest BCUT2D eigenvalue weighted by atomic mass is 127. The van der Waals surface area contributed by atoms with Gasteiger partial charge in [-0.2, -0.15) is 0 Å². The highest BCUT2D eigenvalue weighted by molar-refractivity contribution is 14.0. The van der Waals surface area contributed by atoms with Crippen LogP contribution in [-0.4, -0.2) is 47.3 Å². The lowest BCUT2D eigenvalue weighted by Crippen LogP contribution is -2.44. The number of aromatic nitrogens is 3. The first-order valence-corrected chi connectivity index (χ1v) is 9.52. The fraction of sp³-hybridized carbons (Fsp3) is 0.316. The molecule has 1 aliphatic rings. The van der Waals surface area contributed by atoms with Gasteiger partial charge in [0.25, 0.3) is 0 Å². The topological polar surface area (TPSA) is 94.4 Å². The smallest absolute Gasteiger partial charge is 0.216 e. The molecule has 0 saturated carbocycles. The minimum atomic E-state index is 0. The molecule has 1 aromatic carbocycles. The summed E-state index contributed by atoms with van der Waals surface area (Å²) in [5.74, 6) is 2.62. The van der Waals surface area contributed by atoms with Crippen LogP contribution in [0.1, 0.15) is 12.2 Å². The molecule has 3 aromatic rings. The van der Waals surface area contributed by atoms with Crippen LogP contribution in [0.4, 0.5) is 5.69 Å². The number of guanidine groups is 1. The van der Waals surface area contributed by atoms with E-state index in [9.17, 15) is 0 Å². The zero-order chi connectivity index (χ0) is 19.3. The van der Waals surface area contributed by atoms with Crippen LogP contribution in [-0.2, 0) is 6.54 Å². The molecule has 0 aliphatic carbocycles. The Labute approximate surface area is 191 Å². The molecule has 3 heterocycles. The van der Waals surface area contributed by atoms with E-state index in [0.717, 1.165) is 36.2 Å². The third-order valence-corrected chi connectivity index (χ3v) is 4.86. The molecule has 8 nitrogen and oxygen atoms in total. The molecule has 1 saturated heterocycles. The van der Waals surface area contributed by atoms with Crippen LogP contribution < -0.4 is 15.5 Å². The van der Waals surface area contributed by atoms with Gasteiger partial charge >= 0.3 is 0 Å². The van der Waals surface area contributed by atoms with Crippen molar-refractivity contribution in [3.8, 4) is 11.6 Å². The number of anilines is 1. The van der Waals surface area contributed by atoms with E-state index in [1.807, 2.05) is 30.3 Å². The van der Waals surface area contributed by atoms with Gasteiger partial charge in [-0.15, -0.1) is 29.1 Å². The summed E-state index contributed by atoms with van der Waals surface area (Å²) in [7, 11) is 1.76. The number of hydrogen-bond donors (Lipinski definition) is 3. The number of benzene rings is 1. The van der Waals surface area contributed by atoms with Crippen molar-refractivity contribution in [3.63, 3.8) is 0 Å². The quantitative estimate of drug-likeness (QED) is 0.268. The normalized spacial score (nSPS) is 16.6. The Morgan fingerprint density at radius 3 is 3.03 bits per heavy atom. The molecular weight excluding hydrogens is 505 g/mol. The third-order valence-electron chi connectivity index (χ3n) is 4.62. The van der Waals surface area contributed by atoms with Crippen LogP contribution in [0.15, 0.2) is 52.1 Å². The number of hydrogen-bond acceptors (Lipinski definition) is 5. The van der Waals surface area contributed by atoms with E-state index in [1.54, 1.807) is 13.3 Å². The van der Waals surface area contributed by atoms with Crippen LogP contribution in [0, 0.1) is 0 Å². The van der Waals surface area contributed by atoms with Gasteiger partial charge in [0.2, 0.25) is 5.82 Å². The number of H-pyrrole nitrogens is 1. The van der Waals surface area contributed by atoms with Crippen molar-refractivity contribution in [3.05, 3.63) is 53.5 Å². The minimum Gasteiger partial charge on any atom is -0.461 e. The predicted octanol–water partition coefficient (Wildman–Crippen LogP) is 3.28. The summed E-state index contributed by atoms with van der Waals surface area (Å²) in [5.41, 5.74) is 1.15. The number of furan rings is 1. The van der Waals surface area contributed by atoms with Crippen LogP contribution in [0.2, 0.25) is 5.02 Å². The maximum Gasteiger partial charge on any atom is 0.216 e. The first-order chi connectivity index (χ1) is 13.7. The van der Waals surface area contributed by atoms with E-state index < -0.39 is 0 Å². The zero-order valence-corrected chi connectivity index (χ0v) is 19.0. The van der Waals surface area contributed by atoms with Crippen molar-refractivity contribution in [2.24, 2.45) is 4.99 Å². The fourth-order valence-electron chi connectivity index (χ4n) is 3.23. The molecule has 4 rings (SSSR count). The van der Waals surface area contributed by atoms with Crippen LogP contribution in [0.3, 0.4) is 0 Å². The maximum atomic E-state index is 6.11. The Hall–Kier alpha value is -2.27. The number of aliphatic imine (C=N–C) groups is 1. The highest BCUT2D eigenvalue weighted by Gasteiger charge is 2.23. The van der Waals surface area contributed by atoms with E-state index in [2.05, 4.69) is 41.8 Å². The molecule has 3 N–H and O–H groups in total. The largest absolute Gasteiger partial charge is 0.461 e. The Balaban J connectivity index is 0.00000240. The second kappa shape index (κ2) is 9.97. The van der Waals surface area contributed by atoms with Gasteiger partial charge in [-0.1, -0.05) is 17.7 Å². The second-order valence-electron chi connectivity index (χ2n) is 6.56. The van der Waals surface area contributed by atoms with Crippen molar-refractivity contribution in [2.45, 2.75) is 19.0 Å². The number of halogens is 2. The van der Waals surface area contributed by atoms with Gasteiger partial charge in [0.05, 0.1) is 12.8 Å².